The molecule has 0 aliphatic heterocycles. The van der Waals surface area contributed by atoms with Gasteiger partial charge in [-0.05, 0) is 0 Å². The monoisotopic (exact) mass is 206 g/mol. The fourth-order valence-corrected chi connectivity index (χ4v) is 0.869. The minimum atomic E-state index is -1.38. The Kier molecular flexibility index (Phi) is 3.45. The highest BCUT2D eigenvalue weighted by Gasteiger charge is 2.20. The van der Waals surface area contributed by atoms with Gasteiger partial charge in [0, 0.05) is 5.56 Å². The molecule has 1 rings (SSSR count). The molecule has 0 aromatic heterocycles. The third-order valence-corrected chi connectivity index (χ3v) is 1.51. The van der Waals surface area contributed by atoms with E-state index < -0.39 is 17.7 Å². The van der Waals surface area contributed by atoms with Crippen molar-refractivity contribution in [2.45, 2.75) is 0 Å². The number of hydrogen-bond acceptors (Lipinski definition) is 5. The largest absolute Gasteiger partial charge is 0.387 e. The quantitative estimate of drug-likeness (QED) is 0.231. The summed E-state index contributed by atoms with van der Waals surface area (Å²) in [5.74, 6) is -3.71. The summed E-state index contributed by atoms with van der Waals surface area (Å²) in [7, 11) is 0. The first-order chi connectivity index (χ1) is 7.15. The molecule has 1 aromatic carbocycles. The van der Waals surface area contributed by atoms with E-state index in [9.17, 15) is 19.2 Å². The van der Waals surface area contributed by atoms with Crippen LogP contribution >= 0.6 is 0 Å². The van der Waals surface area contributed by atoms with E-state index in [1.54, 1.807) is 18.2 Å². The number of benzene rings is 1. The molecular formula is C10H6O5. The van der Waals surface area contributed by atoms with Gasteiger partial charge in [-0.1, -0.05) is 30.3 Å². The predicted molar refractivity (Wildman–Crippen MR) is 47.9 cm³/mol. The number of carbonyl (C=O) groups excluding carboxylic acids is 4. The van der Waals surface area contributed by atoms with Crippen molar-refractivity contribution < 1.29 is 23.9 Å². The molecule has 0 bridgehead atoms. The molecule has 1 aromatic rings. The molecule has 0 heterocycles. The lowest BCUT2D eigenvalue weighted by molar-refractivity contribution is -0.158. The first-order valence-corrected chi connectivity index (χ1v) is 3.96. The van der Waals surface area contributed by atoms with Gasteiger partial charge in [0.2, 0.25) is 6.29 Å². The zero-order valence-electron chi connectivity index (χ0n) is 7.51. The smallest absolute Gasteiger partial charge is 0.381 e. The number of esters is 2. The second kappa shape index (κ2) is 4.80. The van der Waals surface area contributed by atoms with Gasteiger partial charge in [-0.25, -0.2) is 9.59 Å². The molecule has 0 saturated heterocycles. The second-order valence-electron chi connectivity index (χ2n) is 2.52. The number of rotatable bonds is 3. The van der Waals surface area contributed by atoms with E-state index in [4.69, 9.17) is 0 Å². The Morgan fingerprint density at radius 2 is 1.67 bits per heavy atom. The van der Waals surface area contributed by atoms with Gasteiger partial charge in [0.15, 0.2) is 0 Å². The van der Waals surface area contributed by atoms with Gasteiger partial charge in [0.25, 0.3) is 5.78 Å². The predicted octanol–water partition coefficient (Wildman–Crippen LogP) is 0.138. The van der Waals surface area contributed by atoms with Crippen LogP contribution in [0.3, 0.4) is 0 Å². The van der Waals surface area contributed by atoms with Crippen LogP contribution in [0.2, 0.25) is 0 Å². The van der Waals surface area contributed by atoms with Crippen LogP contribution in [0, 0.1) is 0 Å². The molecule has 0 aliphatic rings. The minimum Gasteiger partial charge on any atom is -0.381 e. The van der Waals surface area contributed by atoms with Gasteiger partial charge in [0.05, 0.1) is 0 Å². The van der Waals surface area contributed by atoms with Crippen molar-refractivity contribution in [3.05, 3.63) is 35.9 Å². The van der Waals surface area contributed by atoms with Gasteiger partial charge in [-0.3, -0.25) is 9.59 Å². The lowest BCUT2D eigenvalue weighted by Crippen LogP contribution is -2.21. The van der Waals surface area contributed by atoms with Crippen LogP contribution < -0.4 is 0 Å². The summed E-state index contributed by atoms with van der Waals surface area (Å²) in [6.45, 7) is 0. The molecule has 0 unspecified atom stereocenters. The number of ether oxygens (including phenoxy) is 1. The molecule has 5 heteroatoms. The summed E-state index contributed by atoms with van der Waals surface area (Å²) in [5.41, 5.74) is 0.0983. The molecule has 76 valence electrons. The van der Waals surface area contributed by atoms with Crippen molar-refractivity contribution in [3.8, 4) is 0 Å². The topological polar surface area (TPSA) is 77.5 Å². The summed E-state index contributed by atoms with van der Waals surface area (Å²) in [5, 5.41) is 0. The highest BCUT2D eigenvalue weighted by atomic mass is 16.6. The maximum atomic E-state index is 11.3. The van der Waals surface area contributed by atoms with Crippen molar-refractivity contribution >= 4 is 24.0 Å². The highest BCUT2D eigenvalue weighted by Crippen LogP contribution is 2.01. The van der Waals surface area contributed by atoms with Crippen LogP contribution in [-0.4, -0.2) is 24.0 Å². The molecule has 0 fully saturated rings. The Balaban J connectivity index is 2.74. The molecule has 15 heavy (non-hydrogen) atoms. The Bertz CT molecular complexity index is 407. The molecule has 0 N–H and O–H groups in total. The second-order valence-corrected chi connectivity index (χ2v) is 2.52. The standard InChI is InChI=1S/C10H6O5/c11-6-8(12)15-10(14)9(13)7-4-2-1-3-5-7/h1-6H. The Hall–Kier alpha value is -2.30. The number of hydrogen-bond donors (Lipinski definition) is 0. The van der Waals surface area contributed by atoms with E-state index in [0.29, 0.717) is 0 Å². The summed E-state index contributed by atoms with van der Waals surface area (Å²) >= 11 is 0. The number of Topliss-reactive ketones (excluding diaryl/α,β-unsaturated/α-hetero) is 1. The molecule has 0 atom stereocenters. The van der Waals surface area contributed by atoms with Crippen LogP contribution in [0.25, 0.3) is 0 Å². The van der Waals surface area contributed by atoms with Gasteiger partial charge < -0.3 is 4.74 Å². The zero-order valence-corrected chi connectivity index (χ0v) is 7.51. The molecule has 0 amide bonds. The number of carbonyl (C=O) groups is 4. The van der Waals surface area contributed by atoms with Crippen molar-refractivity contribution in [1.82, 2.24) is 0 Å². The van der Waals surface area contributed by atoms with Gasteiger partial charge >= 0.3 is 11.9 Å². The van der Waals surface area contributed by atoms with Gasteiger partial charge in [0.1, 0.15) is 0 Å². The average molecular weight is 206 g/mol. The summed E-state index contributed by atoms with van der Waals surface area (Å²) < 4.78 is 3.92. The number of aldehydes is 1. The van der Waals surface area contributed by atoms with Gasteiger partial charge in [-0.15, -0.1) is 0 Å². The third kappa shape index (κ3) is 2.84. The average Bonchev–Trinajstić information content (AvgIpc) is 2.29. The van der Waals surface area contributed by atoms with Crippen LogP contribution in [0.1, 0.15) is 10.4 Å². The van der Waals surface area contributed by atoms with Crippen molar-refractivity contribution in [1.29, 1.82) is 0 Å². The van der Waals surface area contributed by atoms with E-state index in [1.165, 1.54) is 12.1 Å². The molecule has 0 radical (unpaired) electrons. The SMILES string of the molecule is O=CC(=O)OC(=O)C(=O)c1ccccc1. The molecule has 0 saturated carbocycles. The first kappa shape index (κ1) is 10.8. The lowest BCUT2D eigenvalue weighted by Gasteiger charge is -1.97. The van der Waals surface area contributed by atoms with Crippen LogP contribution in [-0.2, 0) is 19.1 Å². The van der Waals surface area contributed by atoms with E-state index in [0.717, 1.165) is 0 Å². The first-order valence-electron chi connectivity index (χ1n) is 3.96. The minimum absolute atomic E-state index is 0.0983. The number of ketones is 1. The van der Waals surface area contributed by atoms with E-state index in [-0.39, 0.29) is 11.8 Å². The summed E-state index contributed by atoms with van der Waals surface area (Å²) in [4.78, 5) is 42.5. The van der Waals surface area contributed by atoms with Gasteiger partial charge in [-0.2, -0.15) is 0 Å². The highest BCUT2D eigenvalue weighted by molar-refractivity contribution is 6.43. The van der Waals surface area contributed by atoms with Crippen LogP contribution in [0.15, 0.2) is 30.3 Å². The maximum absolute atomic E-state index is 11.3. The van der Waals surface area contributed by atoms with E-state index in [1.807, 2.05) is 0 Å². The normalized spacial score (nSPS) is 9.07. The Labute approximate surface area is 84.7 Å². The van der Waals surface area contributed by atoms with Crippen molar-refractivity contribution in [3.63, 3.8) is 0 Å². The van der Waals surface area contributed by atoms with Crippen LogP contribution in [0.4, 0.5) is 0 Å². The van der Waals surface area contributed by atoms with Crippen LogP contribution in [0.5, 0.6) is 0 Å². The maximum Gasteiger partial charge on any atom is 0.387 e. The third-order valence-electron chi connectivity index (χ3n) is 1.51. The fraction of sp³-hybridized carbons (Fsp3) is 0. The Morgan fingerprint density at radius 1 is 1.07 bits per heavy atom. The fourth-order valence-electron chi connectivity index (χ4n) is 0.869. The summed E-state index contributed by atoms with van der Waals surface area (Å²) in [6.07, 6.45) is -0.184. The zero-order chi connectivity index (χ0) is 11.3. The van der Waals surface area contributed by atoms with Crippen molar-refractivity contribution in [2.75, 3.05) is 0 Å². The molecule has 0 spiro atoms. The Morgan fingerprint density at radius 3 is 2.20 bits per heavy atom. The van der Waals surface area contributed by atoms with E-state index in [2.05, 4.69) is 4.74 Å². The molecular weight excluding hydrogens is 200 g/mol. The molecule has 0 aliphatic carbocycles. The molecule has 5 nitrogen and oxygen atoms in total. The van der Waals surface area contributed by atoms with E-state index >= 15 is 0 Å². The summed E-state index contributed by atoms with van der Waals surface area (Å²) in [6, 6.07) is 7.58. The van der Waals surface area contributed by atoms with Crippen molar-refractivity contribution in [2.24, 2.45) is 0 Å². The lowest BCUT2D eigenvalue weighted by atomic mass is 10.1.